The normalized spacial score (nSPS) is 25.7. The molecule has 1 N–H and O–H groups in total. The van der Waals surface area contributed by atoms with Gasteiger partial charge in [-0.2, -0.15) is 0 Å². The Morgan fingerprint density at radius 3 is 2.28 bits per heavy atom. The van der Waals surface area contributed by atoms with Gasteiger partial charge in [-0.3, -0.25) is 4.90 Å². The minimum Gasteiger partial charge on any atom is -0.478 e. The first-order valence-electron chi connectivity index (χ1n) is 12.8. The Hall–Kier alpha value is -3.31. The molecule has 2 aromatic rings. The number of carbonyl (C=O) groups is 1. The second-order valence-electron chi connectivity index (χ2n) is 12.5. The summed E-state index contributed by atoms with van der Waals surface area (Å²) in [5.41, 5.74) is 5.32. The van der Waals surface area contributed by atoms with Crippen molar-refractivity contribution >= 4 is 17.2 Å². The fourth-order valence-corrected chi connectivity index (χ4v) is 6.15. The molecule has 1 aliphatic carbocycles. The lowest BCUT2D eigenvalue weighted by Gasteiger charge is -2.54. The quantitative estimate of drug-likeness (QED) is 0.581. The second-order valence-corrected chi connectivity index (χ2v) is 12.5. The number of hydrogen-bond acceptors (Lipinski definition) is 4. The van der Waals surface area contributed by atoms with Gasteiger partial charge in [-0.25, -0.2) is 4.79 Å². The first-order chi connectivity index (χ1) is 16.9. The van der Waals surface area contributed by atoms with Crippen molar-refractivity contribution in [2.75, 3.05) is 31.1 Å². The lowest BCUT2D eigenvalue weighted by Crippen LogP contribution is -2.61. The number of hydrogen-bond donors (Lipinski definition) is 1. The van der Waals surface area contributed by atoms with E-state index >= 15 is 0 Å². The molecule has 4 aliphatic rings. The molecule has 36 heavy (non-hydrogen) atoms. The molecule has 2 saturated heterocycles. The predicted molar refractivity (Wildman–Crippen MR) is 143 cm³/mol. The Morgan fingerprint density at radius 1 is 0.917 bits per heavy atom. The van der Waals surface area contributed by atoms with E-state index in [4.69, 9.17) is 4.74 Å². The molecule has 0 saturated carbocycles. The van der Waals surface area contributed by atoms with Gasteiger partial charge in [0.25, 0.3) is 0 Å². The second kappa shape index (κ2) is 7.59. The van der Waals surface area contributed by atoms with E-state index in [0.717, 1.165) is 60.1 Å². The monoisotopic (exact) mass is 482 g/mol. The molecular formula is C31H34N2O3. The molecule has 1 unspecified atom stereocenters. The molecule has 0 bridgehead atoms. The number of benzene rings is 2. The van der Waals surface area contributed by atoms with Gasteiger partial charge in [-0.15, -0.1) is 0 Å². The van der Waals surface area contributed by atoms with Gasteiger partial charge in [0.1, 0.15) is 11.5 Å². The van der Waals surface area contributed by atoms with Crippen LogP contribution in [0.2, 0.25) is 0 Å². The van der Waals surface area contributed by atoms with Gasteiger partial charge in [-0.05, 0) is 47.6 Å². The zero-order chi connectivity index (χ0) is 25.5. The number of likely N-dealkylation sites (tertiary alicyclic amines) is 1. The Labute approximate surface area is 213 Å². The highest BCUT2D eigenvalue weighted by Crippen LogP contribution is 2.48. The lowest BCUT2D eigenvalue weighted by atomic mass is 9.77. The summed E-state index contributed by atoms with van der Waals surface area (Å²) in [7, 11) is 0. The number of anilines is 1. The minimum atomic E-state index is -0.927. The molecule has 2 fully saturated rings. The maximum Gasteiger partial charge on any atom is 0.336 e. The summed E-state index contributed by atoms with van der Waals surface area (Å²) in [6.45, 7) is 15.5. The zero-order valence-electron chi connectivity index (χ0n) is 21.8. The molecular weight excluding hydrogens is 448 g/mol. The van der Waals surface area contributed by atoms with Crippen molar-refractivity contribution < 1.29 is 14.6 Å². The molecule has 186 valence electrons. The predicted octanol–water partition coefficient (Wildman–Crippen LogP) is 5.98. The average molecular weight is 483 g/mol. The molecule has 3 heterocycles. The van der Waals surface area contributed by atoms with Crippen LogP contribution in [-0.4, -0.2) is 47.7 Å². The molecule has 0 aromatic heterocycles. The van der Waals surface area contributed by atoms with Crippen molar-refractivity contribution in [2.45, 2.75) is 40.2 Å². The Bertz CT molecular complexity index is 1360. The van der Waals surface area contributed by atoms with Crippen LogP contribution in [-0.2, 0) is 0 Å². The number of nitrogens with zero attached hydrogens (tertiary/aromatic N) is 2. The molecule has 1 atom stereocenters. The smallest absolute Gasteiger partial charge is 0.336 e. The van der Waals surface area contributed by atoms with Crippen molar-refractivity contribution in [3.63, 3.8) is 0 Å². The molecule has 5 heteroatoms. The summed E-state index contributed by atoms with van der Waals surface area (Å²) in [4.78, 5) is 17.0. The number of carboxylic acid groups (broad SMARTS) is 1. The summed E-state index contributed by atoms with van der Waals surface area (Å²) in [6.07, 6.45) is 6.57. The summed E-state index contributed by atoms with van der Waals surface area (Å²) in [6, 6.07) is 13.6. The average Bonchev–Trinajstić information content (AvgIpc) is 2.79. The number of aromatic carboxylic acids is 1. The van der Waals surface area contributed by atoms with E-state index in [9.17, 15) is 9.90 Å². The highest BCUT2D eigenvalue weighted by molar-refractivity contribution is 6.00. The zero-order valence-corrected chi connectivity index (χ0v) is 21.8. The maximum absolute atomic E-state index is 12.2. The fraction of sp³-hybridized carbons (Fsp3) is 0.387. The van der Waals surface area contributed by atoms with E-state index in [-0.39, 0.29) is 5.54 Å². The van der Waals surface area contributed by atoms with Gasteiger partial charge in [0.05, 0.1) is 11.1 Å². The van der Waals surface area contributed by atoms with Crippen LogP contribution in [0.4, 0.5) is 5.69 Å². The third kappa shape index (κ3) is 3.68. The highest BCUT2D eigenvalue weighted by atomic mass is 16.5. The molecule has 0 spiro atoms. The van der Waals surface area contributed by atoms with Crippen LogP contribution in [0.3, 0.4) is 0 Å². The first kappa shape index (κ1) is 23.1. The van der Waals surface area contributed by atoms with Crippen LogP contribution >= 0.6 is 0 Å². The molecule has 2 aromatic carbocycles. The standard InChI is InChI=1S/C31H34N2O3/c1-29(2)16-32(17-29)20-10-11-23-25(14-20)36-26-15-31(5,33-18-30(3,4)19-33)13-12-24(26)27(23)21-8-6-7-9-22(21)28(34)35/h6-15H,16-19H2,1-5H3,(H,34,35). The van der Waals surface area contributed by atoms with E-state index in [1.54, 1.807) is 12.1 Å². The van der Waals surface area contributed by atoms with Crippen molar-refractivity contribution in [2.24, 2.45) is 10.8 Å². The summed E-state index contributed by atoms with van der Waals surface area (Å²) in [5.74, 6) is 0.654. The van der Waals surface area contributed by atoms with Gasteiger partial charge in [-0.1, -0.05) is 58.0 Å². The molecule has 5 nitrogen and oxygen atoms in total. The highest BCUT2D eigenvalue weighted by Gasteiger charge is 2.44. The Kier molecular flexibility index (Phi) is 4.88. The van der Waals surface area contributed by atoms with Gasteiger partial charge in [0.2, 0.25) is 0 Å². The number of carboxylic acids is 1. The third-order valence-electron chi connectivity index (χ3n) is 7.95. The van der Waals surface area contributed by atoms with Gasteiger partial charge in [0.15, 0.2) is 0 Å². The van der Waals surface area contributed by atoms with E-state index in [1.807, 2.05) is 12.1 Å². The van der Waals surface area contributed by atoms with Crippen molar-refractivity contribution in [3.05, 3.63) is 88.7 Å². The first-order valence-corrected chi connectivity index (χ1v) is 12.8. The van der Waals surface area contributed by atoms with Gasteiger partial charge in [0, 0.05) is 54.6 Å². The molecule has 6 rings (SSSR count). The van der Waals surface area contributed by atoms with Crippen molar-refractivity contribution in [1.29, 1.82) is 0 Å². The van der Waals surface area contributed by atoms with Gasteiger partial charge < -0.3 is 14.7 Å². The van der Waals surface area contributed by atoms with Crippen LogP contribution in [0, 0.1) is 10.8 Å². The SMILES string of the molecule is CC1(C)CN(c2ccc3c(c2)OC2=CC(C)(N4CC(C)(C)C4)C=CC2=C3c2ccccc2C(=O)O)C1. The molecule has 0 radical (unpaired) electrons. The number of allylic oxidation sites excluding steroid dienone is 1. The fourth-order valence-electron chi connectivity index (χ4n) is 6.15. The van der Waals surface area contributed by atoms with Crippen LogP contribution in [0.15, 0.2) is 72.0 Å². The summed E-state index contributed by atoms with van der Waals surface area (Å²) < 4.78 is 6.62. The Balaban J connectivity index is 1.49. The summed E-state index contributed by atoms with van der Waals surface area (Å²) in [5, 5.41) is 9.99. The van der Waals surface area contributed by atoms with E-state index in [2.05, 4.69) is 80.8 Å². The number of rotatable bonds is 4. The summed E-state index contributed by atoms with van der Waals surface area (Å²) >= 11 is 0. The van der Waals surface area contributed by atoms with Crippen LogP contribution in [0.1, 0.15) is 56.1 Å². The van der Waals surface area contributed by atoms with Crippen LogP contribution < -0.4 is 9.64 Å². The van der Waals surface area contributed by atoms with Crippen LogP contribution in [0.25, 0.3) is 5.57 Å². The topological polar surface area (TPSA) is 53.0 Å². The largest absolute Gasteiger partial charge is 0.478 e. The van der Waals surface area contributed by atoms with Gasteiger partial charge >= 0.3 is 5.97 Å². The van der Waals surface area contributed by atoms with Crippen LogP contribution in [0.5, 0.6) is 5.75 Å². The van der Waals surface area contributed by atoms with E-state index in [0.29, 0.717) is 22.0 Å². The third-order valence-corrected chi connectivity index (χ3v) is 7.95. The van der Waals surface area contributed by atoms with E-state index < -0.39 is 5.97 Å². The minimum absolute atomic E-state index is 0.248. The number of fused-ring (bicyclic) bond motifs is 2. The lowest BCUT2D eigenvalue weighted by molar-refractivity contribution is -0.0144. The molecule has 0 amide bonds. The van der Waals surface area contributed by atoms with E-state index in [1.165, 1.54) is 0 Å². The van der Waals surface area contributed by atoms with Crippen molar-refractivity contribution in [3.8, 4) is 5.75 Å². The molecule has 3 aliphatic heterocycles. The Morgan fingerprint density at radius 2 is 1.61 bits per heavy atom. The maximum atomic E-state index is 12.2. The number of ether oxygens (including phenoxy) is 1. The van der Waals surface area contributed by atoms with Crippen molar-refractivity contribution in [1.82, 2.24) is 4.90 Å².